The summed E-state index contributed by atoms with van der Waals surface area (Å²) >= 11 is 6.05. The average molecular weight is 375 g/mol. The van der Waals surface area contributed by atoms with Crippen LogP contribution in [0.15, 0.2) is 89.5 Å². The number of aromatic hydroxyl groups is 1. The van der Waals surface area contributed by atoms with E-state index in [4.69, 9.17) is 11.6 Å². The highest BCUT2D eigenvalue weighted by Gasteiger charge is 2.32. The summed E-state index contributed by atoms with van der Waals surface area (Å²) in [4.78, 5) is 13.1. The molecule has 0 fully saturated rings. The first-order chi connectivity index (χ1) is 13.1. The molecule has 3 aromatic carbocycles. The van der Waals surface area contributed by atoms with Gasteiger partial charge in [0.15, 0.2) is 0 Å². The Kier molecular flexibility index (Phi) is 4.48. The SMILES string of the molecule is O=C1/C(=C\c2cc(Cl)ccc2O)C(c2ccccc2)=NN1c1ccccc1. The second-order valence-electron chi connectivity index (χ2n) is 6.03. The molecular formula is C22H15ClN2O2. The molecule has 0 spiro atoms. The van der Waals surface area contributed by atoms with E-state index in [1.165, 1.54) is 11.1 Å². The molecule has 0 radical (unpaired) electrons. The molecule has 0 unspecified atom stereocenters. The molecule has 27 heavy (non-hydrogen) atoms. The lowest BCUT2D eigenvalue weighted by Crippen LogP contribution is -2.21. The van der Waals surface area contributed by atoms with Gasteiger partial charge in [-0.25, -0.2) is 0 Å². The Morgan fingerprint density at radius 3 is 2.30 bits per heavy atom. The molecule has 1 aliphatic heterocycles. The number of anilines is 1. The number of hydrogen-bond acceptors (Lipinski definition) is 3. The van der Waals surface area contributed by atoms with Crippen LogP contribution in [0.2, 0.25) is 5.02 Å². The van der Waals surface area contributed by atoms with Crippen molar-refractivity contribution in [3.8, 4) is 5.75 Å². The number of carbonyl (C=O) groups is 1. The Balaban J connectivity index is 1.86. The standard InChI is InChI=1S/C22H15ClN2O2/c23-17-11-12-20(26)16(13-17)14-19-21(15-7-3-1-4-8-15)24-25(22(19)27)18-9-5-2-6-10-18/h1-14,26H/b19-14-. The van der Waals surface area contributed by atoms with Gasteiger partial charge in [0.2, 0.25) is 0 Å². The van der Waals surface area contributed by atoms with Gasteiger partial charge in [0.25, 0.3) is 5.91 Å². The van der Waals surface area contributed by atoms with E-state index in [1.54, 1.807) is 18.2 Å². The van der Waals surface area contributed by atoms with Gasteiger partial charge in [0, 0.05) is 16.1 Å². The van der Waals surface area contributed by atoms with Crippen molar-refractivity contribution in [2.24, 2.45) is 5.10 Å². The molecule has 0 saturated carbocycles. The van der Waals surface area contributed by atoms with Gasteiger partial charge >= 0.3 is 0 Å². The predicted molar refractivity (Wildman–Crippen MR) is 108 cm³/mol. The lowest BCUT2D eigenvalue weighted by molar-refractivity contribution is -0.114. The Morgan fingerprint density at radius 2 is 1.59 bits per heavy atom. The minimum absolute atomic E-state index is 0.0465. The first kappa shape index (κ1) is 17.1. The van der Waals surface area contributed by atoms with Crippen LogP contribution in [-0.4, -0.2) is 16.7 Å². The summed E-state index contributed by atoms with van der Waals surface area (Å²) in [5.41, 5.74) is 2.89. The van der Waals surface area contributed by atoms with Gasteiger partial charge in [0.1, 0.15) is 11.5 Å². The Hall–Kier alpha value is -3.37. The molecule has 4 nitrogen and oxygen atoms in total. The van der Waals surface area contributed by atoms with E-state index in [0.29, 0.717) is 27.6 Å². The fourth-order valence-corrected chi connectivity index (χ4v) is 3.08. The van der Waals surface area contributed by atoms with Crippen molar-refractivity contribution in [3.63, 3.8) is 0 Å². The number of phenols is 1. The number of hydrazone groups is 1. The second-order valence-corrected chi connectivity index (χ2v) is 6.46. The van der Waals surface area contributed by atoms with Crippen molar-refractivity contribution in [1.82, 2.24) is 0 Å². The zero-order chi connectivity index (χ0) is 18.8. The number of benzene rings is 3. The molecule has 1 amide bonds. The van der Waals surface area contributed by atoms with Crippen molar-refractivity contribution < 1.29 is 9.90 Å². The number of hydrogen-bond donors (Lipinski definition) is 1. The number of para-hydroxylation sites is 1. The molecule has 1 N–H and O–H groups in total. The van der Waals surface area contributed by atoms with Crippen LogP contribution in [0.3, 0.4) is 0 Å². The van der Waals surface area contributed by atoms with Crippen molar-refractivity contribution in [2.45, 2.75) is 0 Å². The van der Waals surface area contributed by atoms with E-state index in [1.807, 2.05) is 60.7 Å². The fraction of sp³-hybridized carbons (Fsp3) is 0. The Morgan fingerprint density at radius 1 is 0.926 bits per heavy atom. The number of carbonyl (C=O) groups excluding carboxylic acids is 1. The van der Waals surface area contributed by atoms with Crippen LogP contribution >= 0.6 is 11.6 Å². The highest BCUT2D eigenvalue weighted by Crippen LogP contribution is 2.30. The van der Waals surface area contributed by atoms with E-state index in [2.05, 4.69) is 5.10 Å². The summed E-state index contributed by atoms with van der Waals surface area (Å²) in [5, 5.41) is 16.6. The smallest absolute Gasteiger partial charge is 0.281 e. The molecule has 3 aromatic rings. The number of amides is 1. The van der Waals surface area contributed by atoms with Gasteiger partial charge in [-0.05, 0) is 36.4 Å². The van der Waals surface area contributed by atoms with Gasteiger partial charge in [-0.1, -0.05) is 60.1 Å². The molecule has 5 heteroatoms. The topological polar surface area (TPSA) is 52.9 Å². The number of phenolic OH excluding ortho intramolecular Hbond substituents is 1. The monoisotopic (exact) mass is 374 g/mol. The Bertz CT molecular complexity index is 1060. The van der Waals surface area contributed by atoms with Crippen LogP contribution in [0.4, 0.5) is 5.69 Å². The van der Waals surface area contributed by atoms with Crippen LogP contribution in [0.1, 0.15) is 11.1 Å². The summed E-state index contributed by atoms with van der Waals surface area (Å²) in [6.07, 6.45) is 1.62. The van der Waals surface area contributed by atoms with Crippen LogP contribution in [0.25, 0.3) is 6.08 Å². The molecular weight excluding hydrogens is 360 g/mol. The first-order valence-electron chi connectivity index (χ1n) is 8.37. The summed E-state index contributed by atoms with van der Waals surface area (Å²) in [6.45, 7) is 0. The summed E-state index contributed by atoms with van der Waals surface area (Å²) < 4.78 is 0. The van der Waals surface area contributed by atoms with Gasteiger partial charge < -0.3 is 5.11 Å². The molecule has 0 saturated heterocycles. The maximum Gasteiger partial charge on any atom is 0.281 e. The van der Waals surface area contributed by atoms with Crippen LogP contribution in [-0.2, 0) is 4.79 Å². The quantitative estimate of drug-likeness (QED) is 0.664. The third-order valence-corrected chi connectivity index (χ3v) is 4.45. The number of rotatable bonds is 3. The van der Waals surface area contributed by atoms with Crippen molar-refractivity contribution >= 4 is 35.0 Å². The number of nitrogens with zero attached hydrogens (tertiary/aromatic N) is 2. The van der Waals surface area contributed by atoms with Gasteiger partial charge in [-0.15, -0.1) is 0 Å². The van der Waals surface area contributed by atoms with Crippen molar-refractivity contribution in [2.75, 3.05) is 5.01 Å². The largest absolute Gasteiger partial charge is 0.507 e. The van der Waals surface area contributed by atoms with Crippen molar-refractivity contribution in [3.05, 3.63) is 101 Å². The minimum atomic E-state index is -0.264. The van der Waals surface area contributed by atoms with Gasteiger partial charge in [0.05, 0.1) is 11.3 Å². The van der Waals surface area contributed by atoms with Crippen LogP contribution in [0.5, 0.6) is 5.75 Å². The highest BCUT2D eigenvalue weighted by molar-refractivity contribution is 6.37. The molecule has 1 heterocycles. The third kappa shape index (κ3) is 3.35. The molecule has 0 bridgehead atoms. The molecule has 4 rings (SSSR count). The van der Waals surface area contributed by atoms with E-state index in [9.17, 15) is 9.90 Å². The maximum atomic E-state index is 13.1. The van der Waals surface area contributed by atoms with Gasteiger partial charge in [-0.2, -0.15) is 10.1 Å². The van der Waals surface area contributed by atoms with Crippen LogP contribution < -0.4 is 5.01 Å². The van der Waals surface area contributed by atoms with Crippen molar-refractivity contribution in [1.29, 1.82) is 0 Å². The average Bonchev–Trinajstić information content (AvgIpc) is 3.02. The van der Waals surface area contributed by atoms with Gasteiger partial charge in [-0.3, -0.25) is 4.79 Å². The van der Waals surface area contributed by atoms with E-state index in [0.717, 1.165) is 5.56 Å². The molecule has 1 aliphatic rings. The maximum absolute atomic E-state index is 13.1. The Labute approximate surface area is 161 Å². The van der Waals surface area contributed by atoms with E-state index < -0.39 is 0 Å². The fourth-order valence-electron chi connectivity index (χ4n) is 2.89. The molecule has 132 valence electrons. The summed E-state index contributed by atoms with van der Waals surface area (Å²) in [6, 6.07) is 23.4. The molecule has 0 aromatic heterocycles. The lowest BCUT2D eigenvalue weighted by Gasteiger charge is -2.11. The number of halogens is 1. The highest BCUT2D eigenvalue weighted by atomic mass is 35.5. The second kappa shape index (κ2) is 7.09. The zero-order valence-corrected chi connectivity index (χ0v) is 15.0. The first-order valence-corrected chi connectivity index (χ1v) is 8.75. The van der Waals surface area contributed by atoms with E-state index in [-0.39, 0.29) is 11.7 Å². The summed E-state index contributed by atoms with van der Waals surface area (Å²) in [5.74, 6) is -0.218. The summed E-state index contributed by atoms with van der Waals surface area (Å²) in [7, 11) is 0. The third-order valence-electron chi connectivity index (χ3n) is 4.22. The zero-order valence-electron chi connectivity index (χ0n) is 14.2. The normalized spacial score (nSPS) is 15.3. The molecule has 0 aliphatic carbocycles. The van der Waals surface area contributed by atoms with E-state index >= 15 is 0 Å². The minimum Gasteiger partial charge on any atom is -0.507 e. The van der Waals surface area contributed by atoms with Crippen LogP contribution in [0, 0.1) is 0 Å². The lowest BCUT2D eigenvalue weighted by atomic mass is 10.00. The predicted octanol–water partition coefficient (Wildman–Crippen LogP) is 4.88. The molecule has 0 atom stereocenters.